The maximum atomic E-state index is 12.6. The summed E-state index contributed by atoms with van der Waals surface area (Å²) in [5, 5.41) is 16.9. The molecule has 0 bridgehead atoms. The first-order valence-corrected chi connectivity index (χ1v) is 8.20. The van der Waals surface area contributed by atoms with E-state index in [2.05, 4.69) is 15.4 Å². The lowest BCUT2D eigenvalue weighted by Gasteiger charge is -2.22. The summed E-state index contributed by atoms with van der Waals surface area (Å²) in [5.41, 5.74) is 2.47. The molecule has 0 aromatic carbocycles. The van der Waals surface area contributed by atoms with Crippen molar-refractivity contribution in [3.63, 3.8) is 0 Å². The number of nitrogens with one attached hydrogen (secondary N) is 1. The Morgan fingerprint density at radius 1 is 1.46 bits per heavy atom. The average molecular weight is 329 g/mol. The van der Waals surface area contributed by atoms with Crippen LogP contribution in [-0.2, 0) is 13.6 Å². The number of carbonyl (C=O) groups excluding carboxylic acids is 1. The number of aromatic nitrogens is 3. The van der Waals surface area contributed by atoms with Crippen LogP contribution in [0, 0.1) is 6.92 Å². The first kappa shape index (κ1) is 16.4. The van der Waals surface area contributed by atoms with Gasteiger partial charge in [0.15, 0.2) is 0 Å². The third-order valence-corrected chi connectivity index (χ3v) is 4.39. The molecule has 2 aromatic rings. The van der Waals surface area contributed by atoms with Crippen LogP contribution in [0.4, 0.5) is 5.82 Å². The molecule has 128 valence electrons. The van der Waals surface area contributed by atoms with Crippen molar-refractivity contribution >= 4 is 11.7 Å². The predicted octanol–water partition coefficient (Wildman–Crippen LogP) is 1.33. The van der Waals surface area contributed by atoms with Crippen molar-refractivity contribution in [3.8, 4) is 0 Å². The van der Waals surface area contributed by atoms with Crippen LogP contribution in [0.25, 0.3) is 0 Å². The van der Waals surface area contributed by atoms with Gasteiger partial charge in [-0.1, -0.05) is 6.07 Å². The molecule has 7 heteroatoms. The zero-order chi connectivity index (χ0) is 17.1. The number of hydrogen-bond donors (Lipinski definition) is 2. The van der Waals surface area contributed by atoms with Gasteiger partial charge in [-0.15, -0.1) is 0 Å². The van der Waals surface area contributed by atoms with E-state index in [-0.39, 0.29) is 18.6 Å². The summed E-state index contributed by atoms with van der Waals surface area (Å²) in [6.45, 7) is 3.25. The second-order valence-corrected chi connectivity index (χ2v) is 6.15. The zero-order valence-electron chi connectivity index (χ0n) is 14.1. The van der Waals surface area contributed by atoms with Crippen LogP contribution in [-0.4, -0.2) is 49.9 Å². The minimum Gasteiger partial charge on any atom is -0.394 e. The molecule has 1 saturated heterocycles. The van der Waals surface area contributed by atoms with Gasteiger partial charge < -0.3 is 15.3 Å². The summed E-state index contributed by atoms with van der Waals surface area (Å²) in [6, 6.07) is 5.29. The quantitative estimate of drug-likeness (QED) is 0.865. The van der Waals surface area contributed by atoms with Gasteiger partial charge in [0.25, 0.3) is 5.91 Å². The minimum absolute atomic E-state index is 0.00393. The highest BCUT2D eigenvalue weighted by Crippen LogP contribution is 2.20. The Balaban J connectivity index is 1.69. The molecule has 3 heterocycles. The van der Waals surface area contributed by atoms with E-state index < -0.39 is 0 Å². The number of aliphatic hydroxyl groups is 1. The number of carbonyl (C=O) groups is 1. The molecular weight excluding hydrogens is 306 g/mol. The number of hydrogen-bond acceptors (Lipinski definition) is 5. The lowest BCUT2D eigenvalue weighted by Crippen LogP contribution is -2.38. The number of nitrogens with zero attached hydrogens (tertiary/aromatic N) is 4. The molecule has 0 radical (unpaired) electrons. The Labute approximate surface area is 141 Å². The van der Waals surface area contributed by atoms with Gasteiger partial charge in [0.2, 0.25) is 0 Å². The summed E-state index contributed by atoms with van der Waals surface area (Å²) in [4.78, 5) is 18.8. The molecule has 1 atom stereocenters. The van der Waals surface area contributed by atoms with Gasteiger partial charge >= 0.3 is 0 Å². The Morgan fingerprint density at radius 3 is 3.00 bits per heavy atom. The second-order valence-electron chi connectivity index (χ2n) is 6.15. The van der Waals surface area contributed by atoms with Gasteiger partial charge in [0.1, 0.15) is 11.5 Å². The number of aryl methyl sites for hydroxylation is 2. The minimum atomic E-state index is -0.118. The third-order valence-electron chi connectivity index (χ3n) is 4.39. The zero-order valence-corrected chi connectivity index (χ0v) is 14.1. The number of rotatable bonds is 5. The molecule has 0 unspecified atom stereocenters. The molecule has 0 saturated carbocycles. The first-order valence-electron chi connectivity index (χ1n) is 8.20. The molecule has 24 heavy (non-hydrogen) atoms. The van der Waals surface area contributed by atoms with Crippen molar-refractivity contribution in [2.75, 3.05) is 18.5 Å². The Kier molecular flexibility index (Phi) is 4.80. The molecule has 7 nitrogen and oxygen atoms in total. The molecule has 0 spiro atoms. The van der Waals surface area contributed by atoms with Crippen LogP contribution in [0.1, 0.15) is 34.6 Å². The van der Waals surface area contributed by atoms with Crippen molar-refractivity contribution in [2.24, 2.45) is 7.05 Å². The summed E-state index contributed by atoms with van der Waals surface area (Å²) < 4.78 is 1.78. The van der Waals surface area contributed by atoms with Gasteiger partial charge in [-0.2, -0.15) is 5.10 Å². The van der Waals surface area contributed by atoms with Gasteiger partial charge in [-0.3, -0.25) is 9.48 Å². The van der Waals surface area contributed by atoms with Gasteiger partial charge in [-0.25, -0.2) is 4.98 Å². The van der Waals surface area contributed by atoms with E-state index in [1.807, 2.05) is 32.3 Å². The van der Waals surface area contributed by atoms with E-state index in [1.165, 1.54) is 0 Å². The van der Waals surface area contributed by atoms with Gasteiger partial charge in [-0.05, 0) is 31.9 Å². The molecule has 1 fully saturated rings. The normalized spacial score (nSPS) is 17.3. The van der Waals surface area contributed by atoms with Crippen LogP contribution < -0.4 is 5.32 Å². The Hall–Kier alpha value is -2.41. The van der Waals surface area contributed by atoms with Crippen molar-refractivity contribution in [2.45, 2.75) is 32.4 Å². The van der Waals surface area contributed by atoms with Crippen LogP contribution in [0.15, 0.2) is 24.4 Å². The third kappa shape index (κ3) is 3.41. The first-order chi connectivity index (χ1) is 11.6. The van der Waals surface area contributed by atoms with Crippen LogP contribution in [0.5, 0.6) is 0 Å². The number of amides is 1. The summed E-state index contributed by atoms with van der Waals surface area (Å²) in [5.74, 6) is 0.539. The summed E-state index contributed by atoms with van der Waals surface area (Å²) in [6.07, 6.45) is 3.74. The fourth-order valence-electron chi connectivity index (χ4n) is 3.10. The molecule has 1 aliphatic rings. The highest BCUT2D eigenvalue weighted by atomic mass is 16.3. The average Bonchev–Trinajstić information content (AvgIpc) is 3.18. The van der Waals surface area contributed by atoms with E-state index in [9.17, 15) is 9.90 Å². The molecule has 1 aliphatic heterocycles. The van der Waals surface area contributed by atoms with E-state index in [0.717, 1.165) is 24.1 Å². The van der Waals surface area contributed by atoms with E-state index in [0.29, 0.717) is 24.6 Å². The highest BCUT2D eigenvalue weighted by molar-refractivity contribution is 5.93. The lowest BCUT2D eigenvalue weighted by atomic mass is 10.2. The smallest absolute Gasteiger partial charge is 0.272 e. The SMILES string of the molecule is Cc1nn(C)cc1CNc1cccc(C(=O)N2CCC[C@H]2CO)n1. The van der Waals surface area contributed by atoms with E-state index >= 15 is 0 Å². The fraction of sp³-hybridized carbons (Fsp3) is 0.471. The van der Waals surface area contributed by atoms with Crippen molar-refractivity contribution < 1.29 is 9.90 Å². The lowest BCUT2D eigenvalue weighted by molar-refractivity contribution is 0.0672. The number of pyridine rings is 1. The standard InChI is InChI=1S/C17H23N5O2/c1-12-13(10-21(2)20-12)9-18-16-7-3-6-15(19-16)17(24)22-8-4-5-14(22)11-23/h3,6-7,10,14,23H,4-5,8-9,11H2,1-2H3,(H,18,19)/t14-/m0/s1. The van der Waals surface area contributed by atoms with Crippen LogP contribution >= 0.6 is 0 Å². The van der Waals surface area contributed by atoms with Crippen molar-refractivity contribution in [1.82, 2.24) is 19.7 Å². The van der Waals surface area contributed by atoms with Gasteiger partial charge in [0.05, 0.1) is 18.3 Å². The fourth-order valence-corrected chi connectivity index (χ4v) is 3.10. The molecule has 3 rings (SSSR count). The second kappa shape index (κ2) is 7.00. The molecule has 1 amide bonds. The largest absolute Gasteiger partial charge is 0.394 e. The maximum absolute atomic E-state index is 12.6. The maximum Gasteiger partial charge on any atom is 0.272 e. The number of likely N-dealkylation sites (tertiary alicyclic amines) is 1. The number of aliphatic hydroxyl groups excluding tert-OH is 1. The van der Waals surface area contributed by atoms with E-state index in [1.54, 1.807) is 15.6 Å². The molecular formula is C17H23N5O2. The summed E-state index contributed by atoms with van der Waals surface area (Å²) in [7, 11) is 1.89. The molecule has 2 aromatic heterocycles. The van der Waals surface area contributed by atoms with Gasteiger partial charge in [0, 0.05) is 31.9 Å². The topological polar surface area (TPSA) is 83.3 Å². The monoisotopic (exact) mass is 329 g/mol. The van der Waals surface area contributed by atoms with Crippen molar-refractivity contribution in [3.05, 3.63) is 41.3 Å². The molecule has 0 aliphatic carbocycles. The van der Waals surface area contributed by atoms with Crippen molar-refractivity contribution in [1.29, 1.82) is 0 Å². The van der Waals surface area contributed by atoms with Crippen LogP contribution in [0.2, 0.25) is 0 Å². The van der Waals surface area contributed by atoms with Crippen LogP contribution in [0.3, 0.4) is 0 Å². The number of anilines is 1. The van der Waals surface area contributed by atoms with E-state index in [4.69, 9.17) is 0 Å². The summed E-state index contributed by atoms with van der Waals surface area (Å²) >= 11 is 0. The Bertz CT molecular complexity index is 728. The Morgan fingerprint density at radius 2 is 2.29 bits per heavy atom. The molecule has 2 N–H and O–H groups in total. The predicted molar refractivity (Wildman–Crippen MR) is 90.7 cm³/mol. The highest BCUT2D eigenvalue weighted by Gasteiger charge is 2.29.